The molecule has 4 rings (SSSR count). The number of carbonyl (C=O) groups excluding carboxylic acids is 1. The predicted octanol–water partition coefficient (Wildman–Crippen LogP) is 3.26. The molecule has 3 N–H and O–H groups in total. The van der Waals surface area contributed by atoms with Crippen molar-refractivity contribution >= 4 is 11.9 Å². The highest BCUT2D eigenvalue weighted by Gasteiger charge is 2.48. The van der Waals surface area contributed by atoms with Crippen molar-refractivity contribution in [1.82, 2.24) is 15.0 Å². The number of benzene rings is 1. The molecule has 0 unspecified atom stereocenters. The Bertz CT molecular complexity index is 1040. The smallest absolute Gasteiger partial charge is 0.248 e. The summed E-state index contributed by atoms with van der Waals surface area (Å²) in [4.78, 5) is 24.0. The van der Waals surface area contributed by atoms with Gasteiger partial charge < -0.3 is 11.1 Å². The van der Waals surface area contributed by atoms with Crippen LogP contribution in [-0.2, 0) is 5.41 Å². The van der Waals surface area contributed by atoms with Gasteiger partial charge in [0.1, 0.15) is 12.0 Å². The number of pyridine rings is 1. The number of aromatic nitrogens is 3. The monoisotopic (exact) mass is 395 g/mol. The minimum atomic E-state index is -0.973. The molecular formula is C21H19F2N5O. The first-order valence-electron chi connectivity index (χ1n) is 9.18. The molecule has 2 heterocycles. The molecule has 1 saturated carbocycles. The van der Waals surface area contributed by atoms with Gasteiger partial charge in [0, 0.05) is 41.7 Å². The standard InChI is InChI=1S/C21H19F2N5O/c22-16-8-21(9-16,18-17(23)5-2-6-25-18)12-28-20-26-10-15(11-27-20)13-3-1-4-14(7-13)19(24)29/h1-7,10-11,16H,8-9,12H2,(H2,24,29)(H,26,27,28). The molecule has 1 aliphatic rings. The minimum absolute atomic E-state index is 0.200. The molecule has 1 fully saturated rings. The zero-order chi connectivity index (χ0) is 20.4. The van der Waals surface area contributed by atoms with Crippen LogP contribution in [0, 0.1) is 5.82 Å². The Kier molecular flexibility index (Phi) is 4.92. The second kappa shape index (κ2) is 7.54. The number of alkyl halides is 1. The minimum Gasteiger partial charge on any atom is -0.366 e. The maximum atomic E-state index is 14.2. The summed E-state index contributed by atoms with van der Waals surface area (Å²) in [6.07, 6.45) is 4.17. The Morgan fingerprint density at radius 1 is 1.14 bits per heavy atom. The van der Waals surface area contributed by atoms with E-state index in [0.29, 0.717) is 11.5 Å². The van der Waals surface area contributed by atoms with E-state index >= 15 is 0 Å². The van der Waals surface area contributed by atoms with E-state index in [1.807, 2.05) is 6.07 Å². The summed E-state index contributed by atoms with van der Waals surface area (Å²) in [5.41, 5.74) is 6.74. The summed E-state index contributed by atoms with van der Waals surface area (Å²) in [5, 5.41) is 3.07. The van der Waals surface area contributed by atoms with Gasteiger partial charge in [-0.3, -0.25) is 9.78 Å². The highest BCUT2D eigenvalue weighted by Crippen LogP contribution is 2.45. The van der Waals surface area contributed by atoms with Crippen molar-refractivity contribution in [2.75, 3.05) is 11.9 Å². The highest BCUT2D eigenvalue weighted by molar-refractivity contribution is 5.94. The van der Waals surface area contributed by atoms with Gasteiger partial charge in [-0.05, 0) is 42.7 Å². The number of nitrogens with two attached hydrogens (primary N) is 1. The fourth-order valence-electron chi connectivity index (χ4n) is 3.65. The Balaban J connectivity index is 1.50. The average molecular weight is 395 g/mol. The molecule has 1 aliphatic carbocycles. The van der Waals surface area contributed by atoms with Crippen molar-refractivity contribution < 1.29 is 13.6 Å². The van der Waals surface area contributed by atoms with Gasteiger partial charge in [-0.25, -0.2) is 18.7 Å². The van der Waals surface area contributed by atoms with Crippen LogP contribution in [0.4, 0.5) is 14.7 Å². The van der Waals surface area contributed by atoms with E-state index in [0.717, 1.165) is 11.1 Å². The molecule has 8 heteroatoms. The number of nitrogens with zero attached hydrogens (tertiary/aromatic N) is 3. The van der Waals surface area contributed by atoms with E-state index < -0.39 is 23.3 Å². The molecule has 3 aromatic rings. The third kappa shape index (κ3) is 3.78. The third-order valence-electron chi connectivity index (χ3n) is 5.20. The summed E-state index contributed by atoms with van der Waals surface area (Å²) < 4.78 is 27.9. The fraction of sp³-hybridized carbons (Fsp3) is 0.238. The summed E-state index contributed by atoms with van der Waals surface area (Å²) in [6.45, 7) is 0.276. The number of nitrogens with one attached hydrogen (secondary N) is 1. The van der Waals surface area contributed by atoms with Gasteiger partial charge in [0.25, 0.3) is 0 Å². The summed E-state index contributed by atoms with van der Waals surface area (Å²) >= 11 is 0. The Hall–Kier alpha value is -3.42. The van der Waals surface area contributed by atoms with Gasteiger partial charge in [-0.2, -0.15) is 0 Å². The van der Waals surface area contributed by atoms with Crippen LogP contribution in [-0.4, -0.2) is 33.6 Å². The maximum Gasteiger partial charge on any atom is 0.248 e. The zero-order valence-electron chi connectivity index (χ0n) is 15.5. The van der Waals surface area contributed by atoms with Gasteiger partial charge in [0.05, 0.1) is 5.69 Å². The largest absolute Gasteiger partial charge is 0.366 e. The molecule has 6 nitrogen and oxygen atoms in total. The van der Waals surface area contributed by atoms with Gasteiger partial charge >= 0.3 is 0 Å². The molecule has 29 heavy (non-hydrogen) atoms. The number of hydrogen-bond donors (Lipinski definition) is 2. The maximum absolute atomic E-state index is 14.2. The van der Waals surface area contributed by atoms with Crippen molar-refractivity contribution in [3.63, 3.8) is 0 Å². The predicted molar refractivity (Wildman–Crippen MR) is 104 cm³/mol. The number of carbonyl (C=O) groups is 1. The quantitative estimate of drug-likeness (QED) is 0.668. The summed E-state index contributed by atoms with van der Waals surface area (Å²) in [7, 11) is 0. The molecule has 0 aliphatic heterocycles. The van der Waals surface area contributed by atoms with Crippen LogP contribution in [0.3, 0.4) is 0 Å². The second-order valence-electron chi connectivity index (χ2n) is 7.21. The Labute approximate surface area is 166 Å². The first-order valence-corrected chi connectivity index (χ1v) is 9.18. The van der Waals surface area contributed by atoms with Crippen molar-refractivity contribution in [3.05, 3.63) is 72.1 Å². The molecule has 0 radical (unpaired) electrons. The van der Waals surface area contributed by atoms with E-state index in [1.165, 1.54) is 18.3 Å². The van der Waals surface area contributed by atoms with E-state index in [-0.39, 0.29) is 25.1 Å². The van der Waals surface area contributed by atoms with Gasteiger partial charge in [0.2, 0.25) is 11.9 Å². The second-order valence-corrected chi connectivity index (χ2v) is 7.21. The first kappa shape index (κ1) is 18.9. The molecule has 1 amide bonds. The van der Waals surface area contributed by atoms with Crippen molar-refractivity contribution in [3.8, 4) is 11.1 Å². The molecule has 1 aromatic carbocycles. The van der Waals surface area contributed by atoms with Crippen molar-refractivity contribution in [1.29, 1.82) is 0 Å². The van der Waals surface area contributed by atoms with Gasteiger partial charge in [-0.1, -0.05) is 12.1 Å². The van der Waals surface area contributed by atoms with Crippen LogP contribution in [0.5, 0.6) is 0 Å². The van der Waals surface area contributed by atoms with Crippen LogP contribution >= 0.6 is 0 Å². The molecule has 148 valence electrons. The topological polar surface area (TPSA) is 93.8 Å². The Morgan fingerprint density at radius 3 is 2.55 bits per heavy atom. The van der Waals surface area contributed by atoms with Crippen LogP contribution in [0.1, 0.15) is 28.9 Å². The highest BCUT2D eigenvalue weighted by atomic mass is 19.1. The molecule has 0 bridgehead atoms. The van der Waals surface area contributed by atoms with E-state index in [9.17, 15) is 13.6 Å². The van der Waals surface area contributed by atoms with Crippen LogP contribution in [0.25, 0.3) is 11.1 Å². The Morgan fingerprint density at radius 2 is 1.90 bits per heavy atom. The van der Waals surface area contributed by atoms with Gasteiger partial charge in [-0.15, -0.1) is 0 Å². The molecule has 0 saturated heterocycles. The van der Waals surface area contributed by atoms with Crippen LogP contribution in [0.2, 0.25) is 0 Å². The molecule has 2 aromatic heterocycles. The van der Waals surface area contributed by atoms with Crippen LogP contribution in [0.15, 0.2) is 55.0 Å². The summed E-state index contributed by atoms with van der Waals surface area (Å²) in [6, 6.07) is 9.71. The van der Waals surface area contributed by atoms with E-state index in [2.05, 4.69) is 20.3 Å². The number of primary amides is 1. The summed E-state index contributed by atoms with van der Waals surface area (Å²) in [5.74, 6) is -0.602. The molecule has 0 spiro atoms. The number of rotatable bonds is 6. The van der Waals surface area contributed by atoms with Crippen molar-refractivity contribution in [2.45, 2.75) is 24.4 Å². The lowest BCUT2D eigenvalue weighted by atomic mass is 9.65. The number of hydrogen-bond acceptors (Lipinski definition) is 5. The molecule has 0 atom stereocenters. The number of halogens is 2. The fourth-order valence-corrected chi connectivity index (χ4v) is 3.65. The van der Waals surface area contributed by atoms with E-state index in [4.69, 9.17) is 5.73 Å². The number of amides is 1. The normalized spacial score (nSPS) is 20.7. The number of anilines is 1. The average Bonchev–Trinajstić information content (AvgIpc) is 2.71. The zero-order valence-corrected chi connectivity index (χ0v) is 15.5. The van der Waals surface area contributed by atoms with E-state index in [1.54, 1.807) is 30.6 Å². The third-order valence-corrected chi connectivity index (χ3v) is 5.20. The lowest BCUT2D eigenvalue weighted by molar-refractivity contribution is 0.0963. The lowest BCUT2D eigenvalue weighted by Gasteiger charge is -2.43. The molecular weight excluding hydrogens is 376 g/mol. The SMILES string of the molecule is NC(=O)c1cccc(-c2cnc(NCC3(c4ncccc4F)CC(F)C3)nc2)c1. The van der Waals surface area contributed by atoms with Crippen molar-refractivity contribution in [2.24, 2.45) is 5.73 Å². The van der Waals surface area contributed by atoms with Gasteiger partial charge in [0.15, 0.2) is 0 Å². The van der Waals surface area contributed by atoms with Crippen LogP contribution < -0.4 is 11.1 Å². The first-order chi connectivity index (χ1) is 14.0. The lowest BCUT2D eigenvalue weighted by Crippen LogP contribution is -2.49.